The van der Waals surface area contributed by atoms with E-state index in [4.69, 9.17) is 14.5 Å². The first kappa shape index (κ1) is 16.8. The molecule has 0 unspecified atom stereocenters. The van der Waals surface area contributed by atoms with Crippen LogP contribution in [0.25, 0.3) is 22.2 Å². The van der Waals surface area contributed by atoms with Crippen LogP contribution in [0.1, 0.15) is 15.2 Å². The number of fused-ring (bicyclic) bond motifs is 2. The van der Waals surface area contributed by atoms with Gasteiger partial charge in [-0.2, -0.15) is 0 Å². The largest absolute Gasteiger partial charge is 0.454 e. The Morgan fingerprint density at radius 1 is 1.04 bits per heavy atom. The van der Waals surface area contributed by atoms with E-state index in [2.05, 4.69) is 5.32 Å². The van der Waals surface area contributed by atoms with Crippen molar-refractivity contribution in [2.75, 3.05) is 6.79 Å². The summed E-state index contributed by atoms with van der Waals surface area (Å²) in [5.41, 5.74) is 2.98. The minimum atomic E-state index is -0.117. The van der Waals surface area contributed by atoms with E-state index in [1.807, 2.05) is 66.0 Å². The van der Waals surface area contributed by atoms with E-state index >= 15 is 0 Å². The fourth-order valence-corrected chi connectivity index (χ4v) is 3.89. The average molecular weight is 388 g/mol. The maximum Gasteiger partial charge on any atom is 0.252 e. The zero-order valence-corrected chi connectivity index (χ0v) is 15.7. The Kier molecular flexibility index (Phi) is 4.18. The van der Waals surface area contributed by atoms with Crippen molar-refractivity contribution in [1.82, 2.24) is 10.3 Å². The Balaban J connectivity index is 1.55. The van der Waals surface area contributed by atoms with Crippen LogP contribution in [0.5, 0.6) is 11.5 Å². The van der Waals surface area contributed by atoms with Gasteiger partial charge in [-0.25, -0.2) is 4.98 Å². The van der Waals surface area contributed by atoms with Crippen molar-refractivity contribution in [2.45, 2.75) is 6.54 Å². The molecule has 6 heteroatoms. The summed E-state index contributed by atoms with van der Waals surface area (Å²) in [4.78, 5) is 18.8. The summed E-state index contributed by atoms with van der Waals surface area (Å²) in [6, 6.07) is 19.2. The van der Waals surface area contributed by atoms with Crippen molar-refractivity contribution in [3.05, 3.63) is 76.5 Å². The normalized spacial score (nSPS) is 12.3. The fourth-order valence-electron chi connectivity index (χ4n) is 3.24. The maximum atomic E-state index is 12.9. The molecule has 3 heterocycles. The van der Waals surface area contributed by atoms with E-state index in [0.717, 1.165) is 32.8 Å². The number of carbonyl (C=O) groups is 1. The molecule has 5 rings (SSSR count). The predicted octanol–water partition coefficient (Wildman–Crippen LogP) is 4.62. The Morgan fingerprint density at radius 2 is 1.93 bits per heavy atom. The maximum absolute atomic E-state index is 12.9. The van der Waals surface area contributed by atoms with Crippen molar-refractivity contribution in [3.63, 3.8) is 0 Å². The molecule has 1 aliphatic rings. The highest BCUT2D eigenvalue weighted by Gasteiger charge is 2.17. The van der Waals surface area contributed by atoms with Gasteiger partial charge in [0.05, 0.1) is 23.3 Å². The van der Waals surface area contributed by atoms with E-state index in [9.17, 15) is 4.79 Å². The Bertz CT molecular complexity index is 1170. The lowest BCUT2D eigenvalue weighted by atomic mass is 10.0. The molecule has 0 saturated carbocycles. The molecule has 0 spiro atoms. The summed E-state index contributed by atoms with van der Waals surface area (Å²) in [7, 11) is 0. The van der Waals surface area contributed by atoms with Gasteiger partial charge in [-0.3, -0.25) is 4.79 Å². The van der Waals surface area contributed by atoms with Gasteiger partial charge >= 0.3 is 0 Å². The van der Waals surface area contributed by atoms with Gasteiger partial charge in [-0.1, -0.05) is 24.3 Å². The van der Waals surface area contributed by atoms with Gasteiger partial charge in [-0.05, 0) is 41.8 Å². The lowest BCUT2D eigenvalue weighted by molar-refractivity contribution is 0.0953. The fraction of sp³-hybridized carbons (Fsp3) is 0.0909. The molecule has 5 nitrogen and oxygen atoms in total. The predicted molar refractivity (Wildman–Crippen MR) is 109 cm³/mol. The third kappa shape index (κ3) is 3.08. The number of benzene rings is 2. The third-order valence-corrected chi connectivity index (χ3v) is 5.51. The van der Waals surface area contributed by atoms with Crippen LogP contribution in [0.4, 0.5) is 0 Å². The Morgan fingerprint density at radius 3 is 2.82 bits per heavy atom. The molecule has 4 aromatic rings. The minimum absolute atomic E-state index is 0.117. The second-order valence-corrected chi connectivity index (χ2v) is 7.43. The topological polar surface area (TPSA) is 60.5 Å². The van der Waals surface area contributed by atoms with E-state index in [1.54, 1.807) is 11.3 Å². The first-order valence-electron chi connectivity index (χ1n) is 8.88. The van der Waals surface area contributed by atoms with E-state index in [1.165, 1.54) is 0 Å². The van der Waals surface area contributed by atoms with Crippen molar-refractivity contribution >= 4 is 28.1 Å². The van der Waals surface area contributed by atoms with E-state index in [-0.39, 0.29) is 12.7 Å². The van der Waals surface area contributed by atoms with Crippen LogP contribution in [0.2, 0.25) is 0 Å². The van der Waals surface area contributed by atoms with Gasteiger partial charge in [0.15, 0.2) is 11.5 Å². The summed E-state index contributed by atoms with van der Waals surface area (Å²) in [6.07, 6.45) is 0. The molecule has 0 fully saturated rings. The molecule has 2 aromatic carbocycles. The number of ether oxygens (including phenoxy) is 2. The van der Waals surface area contributed by atoms with E-state index < -0.39 is 0 Å². The van der Waals surface area contributed by atoms with Crippen molar-refractivity contribution in [1.29, 1.82) is 0 Å². The number of pyridine rings is 1. The van der Waals surface area contributed by atoms with Crippen LogP contribution < -0.4 is 14.8 Å². The number of rotatable bonds is 4. The number of carbonyl (C=O) groups excluding carboxylic acids is 1. The van der Waals surface area contributed by atoms with Crippen LogP contribution in [-0.4, -0.2) is 17.7 Å². The molecule has 0 aliphatic carbocycles. The summed E-state index contributed by atoms with van der Waals surface area (Å²) in [5, 5.41) is 5.84. The van der Waals surface area contributed by atoms with Crippen LogP contribution in [0, 0.1) is 0 Å². The van der Waals surface area contributed by atoms with Crippen LogP contribution in [0.3, 0.4) is 0 Å². The average Bonchev–Trinajstić information content (AvgIpc) is 3.42. The molecule has 1 N–H and O–H groups in total. The highest BCUT2D eigenvalue weighted by molar-refractivity contribution is 7.09. The standard InChI is InChI=1S/C22H16N2O3S/c25-22(23-12-15-4-3-9-28-15)17-11-19(24-18-6-2-1-5-16(17)18)14-7-8-20-21(10-14)27-13-26-20/h1-11H,12-13H2,(H,23,25). The Labute approximate surface area is 165 Å². The van der Waals surface area contributed by atoms with Crippen LogP contribution in [-0.2, 0) is 6.54 Å². The first-order valence-corrected chi connectivity index (χ1v) is 9.76. The quantitative estimate of drug-likeness (QED) is 0.554. The number of hydrogen-bond acceptors (Lipinski definition) is 5. The lowest BCUT2D eigenvalue weighted by Crippen LogP contribution is -2.22. The summed E-state index contributed by atoms with van der Waals surface area (Å²) in [5.74, 6) is 1.30. The van der Waals surface area contributed by atoms with Gasteiger partial charge in [0, 0.05) is 15.8 Å². The third-order valence-electron chi connectivity index (χ3n) is 4.63. The molecule has 0 radical (unpaired) electrons. The minimum Gasteiger partial charge on any atom is -0.454 e. The van der Waals surface area contributed by atoms with Crippen molar-refractivity contribution < 1.29 is 14.3 Å². The molecule has 0 saturated heterocycles. The molecule has 0 bridgehead atoms. The molecule has 1 aliphatic heterocycles. The molecular weight excluding hydrogens is 372 g/mol. The molecule has 138 valence electrons. The smallest absolute Gasteiger partial charge is 0.252 e. The van der Waals surface area contributed by atoms with Crippen molar-refractivity contribution in [3.8, 4) is 22.8 Å². The number of aromatic nitrogens is 1. The second kappa shape index (κ2) is 6.98. The summed E-state index contributed by atoms with van der Waals surface area (Å²) >= 11 is 1.62. The van der Waals surface area contributed by atoms with Gasteiger partial charge < -0.3 is 14.8 Å². The van der Waals surface area contributed by atoms with Gasteiger partial charge in [0.2, 0.25) is 6.79 Å². The van der Waals surface area contributed by atoms with Crippen molar-refractivity contribution in [2.24, 2.45) is 0 Å². The summed E-state index contributed by atoms with van der Waals surface area (Å²) < 4.78 is 10.9. The number of thiophene rings is 1. The van der Waals surface area contributed by atoms with E-state index in [0.29, 0.717) is 17.9 Å². The first-order chi connectivity index (χ1) is 13.8. The zero-order chi connectivity index (χ0) is 18.9. The molecular formula is C22H16N2O3S. The van der Waals surface area contributed by atoms with Gasteiger partial charge in [0.1, 0.15) is 0 Å². The summed E-state index contributed by atoms with van der Waals surface area (Å²) in [6.45, 7) is 0.729. The van der Waals surface area contributed by atoms with Crippen LogP contribution in [0.15, 0.2) is 66.0 Å². The number of nitrogens with zero attached hydrogens (tertiary/aromatic N) is 1. The second-order valence-electron chi connectivity index (χ2n) is 6.40. The zero-order valence-electron chi connectivity index (χ0n) is 14.8. The highest BCUT2D eigenvalue weighted by atomic mass is 32.1. The SMILES string of the molecule is O=C(NCc1cccs1)c1cc(-c2ccc3c(c2)OCO3)nc2ccccc12. The number of amides is 1. The lowest BCUT2D eigenvalue weighted by Gasteiger charge is -2.11. The molecule has 2 aromatic heterocycles. The number of nitrogens with one attached hydrogen (secondary N) is 1. The number of hydrogen-bond donors (Lipinski definition) is 1. The Hall–Kier alpha value is -3.38. The molecule has 1 amide bonds. The molecule has 0 atom stereocenters. The highest BCUT2D eigenvalue weighted by Crippen LogP contribution is 2.36. The van der Waals surface area contributed by atoms with Gasteiger partial charge in [0.25, 0.3) is 5.91 Å². The number of para-hydroxylation sites is 1. The monoisotopic (exact) mass is 388 g/mol. The molecule has 28 heavy (non-hydrogen) atoms. The van der Waals surface area contributed by atoms with Gasteiger partial charge in [-0.15, -0.1) is 11.3 Å². The van der Waals surface area contributed by atoms with Crippen LogP contribution >= 0.6 is 11.3 Å².